The maximum Gasteiger partial charge on any atom is 0.282 e. The number of carbonyl (C=O) groups is 1. The standard InChI is InChI=1S/C12H16N2O3/c1-3-4-9-13(2)12(15)10-7-5-6-8-11(10)14(16)17/h5-8H,3-4,9H2,1-2H3. The van der Waals surface area contributed by atoms with Gasteiger partial charge in [0.05, 0.1) is 4.92 Å². The first-order chi connectivity index (χ1) is 8.07. The van der Waals surface area contributed by atoms with Crippen LogP contribution in [0.5, 0.6) is 0 Å². The van der Waals surface area contributed by atoms with Gasteiger partial charge in [-0.15, -0.1) is 0 Å². The van der Waals surface area contributed by atoms with Gasteiger partial charge in [-0.3, -0.25) is 14.9 Å². The van der Waals surface area contributed by atoms with Crippen molar-refractivity contribution >= 4 is 11.6 Å². The Hall–Kier alpha value is -1.91. The molecule has 5 heteroatoms. The van der Waals surface area contributed by atoms with Crippen LogP contribution in [0.1, 0.15) is 30.1 Å². The quantitative estimate of drug-likeness (QED) is 0.582. The van der Waals surface area contributed by atoms with Crippen molar-refractivity contribution in [1.82, 2.24) is 4.90 Å². The van der Waals surface area contributed by atoms with E-state index in [2.05, 4.69) is 0 Å². The molecular formula is C12H16N2O3. The molecule has 1 aromatic carbocycles. The lowest BCUT2D eigenvalue weighted by atomic mass is 10.1. The fourth-order valence-corrected chi connectivity index (χ4v) is 1.52. The second kappa shape index (κ2) is 5.98. The van der Waals surface area contributed by atoms with Crippen LogP contribution in [0.3, 0.4) is 0 Å². The summed E-state index contributed by atoms with van der Waals surface area (Å²) in [7, 11) is 1.66. The van der Waals surface area contributed by atoms with E-state index in [1.807, 2.05) is 6.92 Å². The van der Waals surface area contributed by atoms with Crippen LogP contribution in [0.15, 0.2) is 24.3 Å². The van der Waals surface area contributed by atoms with Crippen LogP contribution in [-0.4, -0.2) is 29.3 Å². The second-order valence-corrected chi connectivity index (χ2v) is 3.85. The van der Waals surface area contributed by atoms with Crippen LogP contribution in [0.2, 0.25) is 0 Å². The van der Waals surface area contributed by atoms with Gasteiger partial charge in [0.1, 0.15) is 5.56 Å². The van der Waals surface area contributed by atoms with Gasteiger partial charge in [0.15, 0.2) is 0 Å². The zero-order valence-corrected chi connectivity index (χ0v) is 10.0. The number of nitro groups is 1. The number of benzene rings is 1. The van der Waals surface area contributed by atoms with Crippen LogP contribution in [0.4, 0.5) is 5.69 Å². The van der Waals surface area contributed by atoms with Crippen molar-refractivity contribution < 1.29 is 9.72 Å². The van der Waals surface area contributed by atoms with E-state index < -0.39 is 4.92 Å². The van der Waals surface area contributed by atoms with E-state index in [9.17, 15) is 14.9 Å². The monoisotopic (exact) mass is 236 g/mol. The molecule has 0 aliphatic carbocycles. The number of nitro benzene ring substituents is 1. The zero-order chi connectivity index (χ0) is 12.8. The highest BCUT2D eigenvalue weighted by Crippen LogP contribution is 2.19. The molecule has 0 saturated heterocycles. The Morgan fingerprint density at radius 3 is 2.65 bits per heavy atom. The van der Waals surface area contributed by atoms with E-state index in [1.54, 1.807) is 19.2 Å². The maximum absolute atomic E-state index is 12.0. The summed E-state index contributed by atoms with van der Waals surface area (Å²) < 4.78 is 0. The Balaban J connectivity index is 2.92. The van der Waals surface area contributed by atoms with Gasteiger partial charge in [-0.2, -0.15) is 0 Å². The van der Waals surface area contributed by atoms with Crippen molar-refractivity contribution in [1.29, 1.82) is 0 Å². The smallest absolute Gasteiger partial charge is 0.282 e. The van der Waals surface area contributed by atoms with Gasteiger partial charge >= 0.3 is 0 Å². The van der Waals surface area contributed by atoms with E-state index in [1.165, 1.54) is 17.0 Å². The number of hydrogen-bond acceptors (Lipinski definition) is 3. The van der Waals surface area contributed by atoms with Gasteiger partial charge in [-0.05, 0) is 12.5 Å². The lowest BCUT2D eigenvalue weighted by Crippen LogP contribution is -2.28. The van der Waals surface area contributed by atoms with Crippen LogP contribution in [-0.2, 0) is 0 Å². The molecule has 0 bridgehead atoms. The molecule has 0 fully saturated rings. The number of nitrogens with zero attached hydrogens (tertiary/aromatic N) is 2. The van der Waals surface area contributed by atoms with Gasteiger partial charge in [0.2, 0.25) is 0 Å². The van der Waals surface area contributed by atoms with Crippen molar-refractivity contribution in [3.05, 3.63) is 39.9 Å². The van der Waals surface area contributed by atoms with E-state index in [0.717, 1.165) is 12.8 Å². The van der Waals surface area contributed by atoms with Gasteiger partial charge in [0, 0.05) is 19.7 Å². The molecule has 92 valence electrons. The zero-order valence-electron chi connectivity index (χ0n) is 10.0. The summed E-state index contributed by atoms with van der Waals surface area (Å²) in [6.45, 7) is 2.64. The summed E-state index contributed by atoms with van der Waals surface area (Å²) in [6, 6.07) is 6.03. The molecule has 0 heterocycles. The Kier molecular flexibility index (Phi) is 4.63. The minimum Gasteiger partial charge on any atom is -0.341 e. The van der Waals surface area contributed by atoms with Gasteiger partial charge < -0.3 is 4.90 Å². The van der Waals surface area contributed by atoms with E-state index >= 15 is 0 Å². The molecule has 0 N–H and O–H groups in total. The normalized spacial score (nSPS) is 10.0. The highest BCUT2D eigenvalue weighted by molar-refractivity contribution is 5.97. The topological polar surface area (TPSA) is 63.5 Å². The minimum atomic E-state index is -0.527. The summed E-state index contributed by atoms with van der Waals surface area (Å²) in [6.07, 6.45) is 1.87. The highest BCUT2D eigenvalue weighted by Gasteiger charge is 2.21. The third-order valence-electron chi connectivity index (χ3n) is 2.52. The lowest BCUT2D eigenvalue weighted by molar-refractivity contribution is -0.385. The molecule has 1 amide bonds. The summed E-state index contributed by atoms with van der Waals surface area (Å²) in [5.74, 6) is -0.300. The molecule has 0 spiro atoms. The maximum atomic E-state index is 12.0. The lowest BCUT2D eigenvalue weighted by Gasteiger charge is -2.16. The number of unbranched alkanes of at least 4 members (excludes halogenated alkanes) is 1. The number of para-hydroxylation sites is 1. The average Bonchev–Trinajstić information content (AvgIpc) is 2.34. The van der Waals surface area contributed by atoms with Crippen molar-refractivity contribution in [2.75, 3.05) is 13.6 Å². The number of hydrogen-bond donors (Lipinski definition) is 0. The van der Waals surface area contributed by atoms with Crippen molar-refractivity contribution in [3.63, 3.8) is 0 Å². The molecule has 0 saturated carbocycles. The van der Waals surface area contributed by atoms with Crippen molar-refractivity contribution in [3.8, 4) is 0 Å². The van der Waals surface area contributed by atoms with Gasteiger partial charge in [-0.25, -0.2) is 0 Å². The number of rotatable bonds is 5. The van der Waals surface area contributed by atoms with E-state index in [4.69, 9.17) is 0 Å². The van der Waals surface area contributed by atoms with Crippen LogP contribution in [0, 0.1) is 10.1 Å². The Morgan fingerprint density at radius 1 is 1.41 bits per heavy atom. The summed E-state index contributed by atoms with van der Waals surface area (Å²) in [4.78, 5) is 23.8. The first-order valence-corrected chi connectivity index (χ1v) is 5.56. The minimum absolute atomic E-state index is 0.138. The third-order valence-corrected chi connectivity index (χ3v) is 2.52. The molecular weight excluding hydrogens is 220 g/mol. The molecule has 0 atom stereocenters. The van der Waals surface area contributed by atoms with Crippen molar-refractivity contribution in [2.24, 2.45) is 0 Å². The molecule has 0 aromatic heterocycles. The largest absolute Gasteiger partial charge is 0.341 e. The molecule has 0 unspecified atom stereocenters. The van der Waals surface area contributed by atoms with Crippen LogP contribution in [0.25, 0.3) is 0 Å². The summed E-state index contributed by atoms with van der Waals surface area (Å²) in [5.41, 5.74) is 0.0111. The molecule has 0 aliphatic rings. The van der Waals surface area contributed by atoms with Gasteiger partial charge in [0.25, 0.3) is 11.6 Å². The Labute approximate surface area is 100 Å². The van der Waals surface area contributed by atoms with E-state index in [0.29, 0.717) is 6.54 Å². The predicted molar refractivity (Wildman–Crippen MR) is 65.0 cm³/mol. The molecule has 0 aliphatic heterocycles. The average molecular weight is 236 g/mol. The first-order valence-electron chi connectivity index (χ1n) is 5.56. The highest BCUT2D eigenvalue weighted by atomic mass is 16.6. The van der Waals surface area contributed by atoms with Crippen LogP contribution >= 0.6 is 0 Å². The molecule has 5 nitrogen and oxygen atoms in total. The Bertz CT molecular complexity index is 418. The fraction of sp³-hybridized carbons (Fsp3) is 0.417. The first kappa shape index (κ1) is 13.2. The summed E-state index contributed by atoms with van der Waals surface area (Å²) in [5, 5.41) is 10.8. The molecule has 1 aromatic rings. The molecule has 17 heavy (non-hydrogen) atoms. The SMILES string of the molecule is CCCCN(C)C(=O)c1ccccc1[N+](=O)[O-]. The van der Waals surface area contributed by atoms with Crippen LogP contribution < -0.4 is 0 Å². The number of carbonyl (C=O) groups excluding carboxylic acids is 1. The van der Waals surface area contributed by atoms with Crippen molar-refractivity contribution in [2.45, 2.75) is 19.8 Å². The third kappa shape index (κ3) is 3.27. The Morgan fingerprint density at radius 2 is 2.06 bits per heavy atom. The molecule has 0 radical (unpaired) electrons. The van der Waals surface area contributed by atoms with Gasteiger partial charge in [-0.1, -0.05) is 25.5 Å². The predicted octanol–water partition coefficient (Wildman–Crippen LogP) is 2.47. The summed E-state index contributed by atoms with van der Waals surface area (Å²) >= 11 is 0. The van der Waals surface area contributed by atoms with E-state index in [-0.39, 0.29) is 17.2 Å². The second-order valence-electron chi connectivity index (χ2n) is 3.85. The fourth-order valence-electron chi connectivity index (χ4n) is 1.52. The molecule has 1 rings (SSSR count). The number of amides is 1.